The van der Waals surface area contributed by atoms with E-state index in [1.54, 1.807) is 6.20 Å². The van der Waals surface area contributed by atoms with Gasteiger partial charge in [-0.25, -0.2) is 4.68 Å². The van der Waals surface area contributed by atoms with E-state index in [9.17, 15) is 4.79 Å². The van der Waals surface area contributed by atoms with Crippen LogP contribution in [0.4, 0.5) is 5.82 Å². The van der Waals surface area contributed by atoms with Crippen molar-refractivity contribution in [3.63, 3.8) is 0 Å². The maximum absolute atomic E-state index is 12.4. The number of hydrogen-bond acceptors (Lipinski definition) is 5. The van der Waals surface area contributed by atoms with Crippen LogP contribution < -0.4 is 14.8 Å². The summed E-state index contributed by atoms with van der Waals surface area (Å²) >= 11 is 0. The van der Waals surface area contributed by atoms with E-state index in [1.165, 1.54) is 12.8 Å². The van der Waals surface area contributed by atoms with E-state index in [1.807, 2.05) is 40.9 Å². The molecule has 4 rings (SSSR count). The number of carbonyl (C=O) groups is 1. The van der Waals surface area contributed by atoms with Crippen LogP contribution in [-0.2, 0) is 11.3 Å². The Labute approximate surface area is 152 Å². The van der Waals surface area contributed by atoms with Gasteiger partial charge in [-0.15, -0.1) is 0 Å². The minimum atomic E-state index is -0.0435. The highest BCUT2D eigenvalue weighted by Crippen LogP contribution is 2.40. The largest absolute Gasteiger partial charge is 0.454 e. The highest BCUT2D eigenvalue weighted by atomic mass is 16.7. The molecule has 2 aromatic rings. The van der Waals surface area contributed by atoms with Gasteiger partial charge in [0.05, 0.1) is 18.8 Å². The Balaban J connectivity index is 1.32. The highest BCUT2D eigenvalue weighted by Gasteiger charge is 2.30. The Hall–Kier alpha value is -2.54. The molecule has 1 fully saturated rings. The smallest absolute Gasteiger partial charge is 0.239 e. The average molecular weight is 356 g/mol. The Morgan fingerprint density at radius 3 is 2.96 bits per heavy atom. The van der Waals surface area contributed by atoms with E-state index in [0.717, 1.165) is 22.9 Å². The number of likely N-dealkylation sites (N-methyl/N-ethyl adjacent to an activating group) is 1. The number of anilines is 1. The summed E-state index contributed by atoms with van der Waals surface area (Å²) in [6, 6.07) is 8.04. The summed E-state index contributed by atoms with van der Waals surface area (Å²) in [5.41, 5.74) is 1.08. The molecule has 0 radical (unpaired) electrons. The molecular formula is C19H24N4O3. The summed E-state index contributed by atoms with van der Waals surface area (Å²) in [5, 5.41) is 7.36. The van der Waals surface area contributed by atoms with Gasteiger partial charge in [-0.1, -0.05) is 6.07 Å². The number of amides is 1. The molecule has 0 saturated heterocycles. The van der Waals surface area contributed by atoms with Gasteiger partial charge >= 0.3 is 0 Å². The minimum Gasteiger partial charge on any atom is -0.454 e. The number of rotatable bonds is 7. The molecule has 1 aromatic carbocycles. The molecule has 7 nitrogen and oxygen atoms in total. The third-order valence-electron chi connectivity index (χ3n) is 4.93. The number of aromatic nitrogens is 2. The van der Waals surface area contributed by atoms with Crippen LogP contribution >= 0.6 is 0 Å². The van der Waals surface area contributed by atoms with E-state index in [2.05, 4.69) is 17.3 Å². The first-order chi connectivity index (χ1) is 12.6. The lowest BCUT2D eigenvalue weighted by Gasteiger charge is -2.18. The lowest BCUT2D eigenvalue weighted by molar-refractivity contribution is -0.117. The highest BCUT2D eigenvalue weighted by molar-refractivity contribution is 5.91. The zero-order valence-corrected chi connectivity index (χ0v) is 15.1. The van der Waals surface area contributed by atoms with Crippen LogP contribution in [0.2, 0.25) is 0 Å². The lowest BCUT2D eigenvalue weighted by Crippen LogP contribution is -2.30. The normalized spacial score (nSPS) is 16.7. The van der Waals surface area contributed by atoms with Crippen LogP contribution in [0.15, 0.2) is 30.5 Å². The number of ether oxygens (including phenoxy) is 2. The van der Waals surface area contributed by atoms with Gasteiger partial charge < -0.3 is 14.8 Å². The molecule has 0 bridgehead atoms. The molecule has 1 aliphatic heterocycles. The monoisotopic (exact) mass is 356 g/mol. The Kier molecular flexibility index (Phi) is 4.55. The average Bonchev–Trinajstić information content (AvgIpc) is 3.18. The lowest BCUT2D eigenvalue weighted by atomic mass is 10.2. The van der Waals surface area contributed by atoms with Gasteiger partial charge in [0.1, 0.15) is 5.82 Å². The molecule has 2 aliphatic rings. The van der Waals surface area contributed by atoms with Crippen LogP contribution in [0.1, 0.15) is 31.4 Å². The molecule has 2 heterocycles. The number of fused-ring (bicyclic) bond motifs is 1. The first kappa shape index (κ1) is 16.9. The second-order valence-electron chi connectivity index (χ2n) is 7.15. The molecule has 0 spiro atoms. The number of benzene rings is 1. The van der Waals surface area contributed by atoms with Crippen molar-refractivity contribution < 1.29 is 14.3 Å². The van der Waals surface area contributed by atoms with E-state index < -0.39 is 0 Å². The molecule has 26 heavy (non-hydrogen) atoms. The first-order valence-corrected chi connectivity index (χ1v) is 9.00. The fourth-order valence-electron chi connectivity index (χ4n) is 3.35. The molecule has 1 amide bonds. The number of hydrogen-bond donors (Lipinski definition) is 1. The van der Waals surface area contributed by atoms with Crippen molar-refractivity contribution in [2.45, 2.75) is 32.4 Å². The Morgan fingerprint density at radius 2 is 2.15 bits per heavy atom. The number of nitrogens with one attached hydrogen (secondary N) is 1. The third kappa shape index (κ3) is 3.67. The minimum absolute atomic E-state index is 0.0435. The van der Waals surface area contributed by atoms with E-state index in [-0.39, 0.29) is 12.7 Å². The molecule has 7 heteroatoms. The number of carbonyl (C=O) groups excluding carboxylic acids is 1. The van der Waals surface area contributed by atoms with Crippen LogP contribution in [0.3, 0.4) is 0 Å². The maximum atomic E-state index is 12.4. The van der Waals surface area contributed by atoms with Crippen LogP contribution in [0.5, 0.6) is 11.5 Å². The molecule has 1 saturated carbocycles. The zero-order chi connectivity index (χ0) is 18.1. The molecular weight excluding hydrogens is 332 g/mol. The third-order valence-corrected chi connectivity index (χ3v) is 4.93. The van der Waals surface area contributed by atoms with Gasteiger partial charge in [0.15, 0.2) is 11.5 Å². The quantitative estimate of drug-likeness (QED) is 0.826. The molecule has 138 valence electrons. The van der Waals surface area contributed by atoms with Crippen molar-refractivity contribution >= 4 is 11.7 Å². The van der Waals surface area contributed by atoms with Crippen LogP contribution in [-0.4, -0.2) is 41.0 Å². The van der Waals surface area contributed by atoms with Gasteiger partial charge in [0.2, 0.25) is 12.7 Å². The molecule has 1 atom stereocenters. The SMILES string of the molecule is CC(C1CC1)n1nccc1NC(=O)CN(C)Cc1ccc2c(c1)OCO2. The van der Waals surface area contributed by atoms with Crippen molar-refractivity contribution in [2.24, 2.45) is 5.92 Å². The van der Waals surface area contributed by atoms with Gasteiger partial charge in [-0.2, -0.15) is 5.10 Å². The fraction of sp³-hybridized carbons (Fsp3) is 0.474. The predicted octanol–water partition coefficient (Wildman–Crippen LogP) is 2.65. The maximum Gasteiger partial charge on any atom is 0.239 e. The zero-order valence-electron chi connectivity index (χ0n) is 15.1. The van der Waals surface area contributed by atoms with Gasteiger partial charge in [0, 0.05) is 12.6 Å². The van der Waals surface area contributed by atoms with Crippen molar-refractivity contribution in [1.82, 2.24) is 14.7 Å². The van der Waals surface area contributed by atoms with Crippen molar-refractivity contribution in [2.75, 3.05) is 25.7 Å². The Bertz CT molecular complexity index is 800. The summed E-state index contributed by atoms with van der Waals surface area (Å²) in [5.74, 6) is 2.94. The summed E-state index contributed by atoms with van der Waals surface area (Å²) in [7, 11) is 1.92. The van der Waals surface area contributed by atoms with E-state index in [4.69, 9.17) is 9.47 Å². The summed E-state index contributed by atoms with van der Waals surface area (Å²) in [6.07, 6.45) is 4.23. The fourth-order valence-corrected chi connectivity index (χ4v) is 3.35. The van der Waals surface area contributed by atoms with Crippen molar-refractivity contribution in [3.05, 3.63) is 36.0 Å². The second-order valence-corrected chi connectivity index (χ2v) is 7.15. The predicted molar refractivity (Wildman–Crippen MR) is 97.2 cm³/mol. The van der Waals surface area contributed by atoms with Gasteiger partial charge in [0.25, 0.3) is 0 Å². The number of nitrogens with zero attached hydrogens (tertiary/aromatic N) is 3. The van der Waals surface area contributed by atoms with Gasteiger partial charge in [-0.05, 0) is 50.4 Å². The van der Waals surface area contributed by atoms with Crippen LogP contribution in [0.25, 0.3) is 0 Å². The van der Waals surface area contributed by atoms with Crippen molar-refractivity contribution in [3.8, 4) is 11.5 Å². The van der Waals surface area contributed by atoms with E-state index >= 15 is 0 Å². The topological polar surface area (TPSA) is 68.6 Å². The Morgan fingerprint density at radius 1 is 1.35 bits per heavy atom. The molecule has 1 aliphatic carbocycles. The summed E-state index contributed by atoms with van der Waals surface area (Å²) < 4.78 is 12.7. The molecule has 1 N–H and O–H groups in total. The van der Waals surface area contributed by atoms with E-state index in [0.29, 0.717) is 25.0 Å². The molecule has 1 unspecified atom stereocenters. The standard InChI is InChI=1S/C19H24N4O3/c1-13(15-4-5-15)23-18(7-8-20-23)21-19(24)11-22(2)10-14-3-6-16-17(9-14)26-12-25-16/h3,6-9,13,15H,4-5,10-12H2,1-2H3,(H,21,24). The summed E-state index contributed by atoms with van der Waals surface area (Å²) in [6.45, 7) is 3.38. The van der Waals surface area contributed by atoms with Gasteiger partial charge in [-0.3, -0.25) is 9.69 Å². The first-order valence-electron chi connectivity index (χ1n) is 9.00. The van der Waals surface area contributed by atoms with Crippen LogP contribution in [0, 0.1) is 5.92 Å². The second kappa shape index (κ2) is 6.99. The molecule has 1 aromatic heterocycles. The summed E-state index contributed by atoms with van der Waals surface area (Å²) in [4.78, 5) is 14.4. The van der Waals surface area contributed by atoms with Crippen molar-refractivity contribution in [1.29, 1.82) is 0 Å².